The third kappa shape index (κ3) is 5.66. The van der Waals surface area contributed by atoms with Crippen LogP contribution in [0.1, 0.15) is 31.9 Å². The molecule has 148 valence electrons. The van der Waals surface area contributed by atoms with Gasteiger partial charge in [0.1, 0.15) is 6.04 Å². The van der Waals surface area contributed by atoms with Crippen molar-refractivity contribution < 1.29 is 13.2 Å². The van der Waals surface area contributed by atoms with Crippen molar-refractivity contribution in [2.45, 2.75) is 50.3 Å². The number of nitrogens with zero attached hydrogens (tertiary/aromatic N) is 3. The van der Waals surface area contributed by atoms with Gasteiger partial charge in [0, 0.05) is 5.25 Å². The van der Waals surface area contributed by atoms with Crippen molar-refractivity contribution in [2.24, 2.45) is 0 Å². The molecule has 1 heterocycles. The minimum Gasteiger partial charge on any atom is -0.299 e. The Kier molecular flexibility index (Phi) is 6.87. The zero-order chi connectivity index (χ0) is 20.4. The standard InChI is InChI=1S/C17H24N4O3S3/c1-10(2)25-17-20-19-16(26-17)18-15(22)13(5)21(27(6,23)24)14-8-7-11(3)12(4)9-14/h7-10,13H,1-6H3,(H,18,19,22)/t13-/m1/s1. The predicted octanol–water partition coefficient (Wildman–Crippen LogP) is 3.45. The van der Waals surface area contributed by atoms with E-state index in [1.54, 1.807) is 30.8 Å². The molecule has 0 spiro atoms. The summed E-state index contributed by atoms with van der Waals surface area (Å²) in [6.07, 6.45) is 1.09. The van der Waals surface area contributed by atoms with Crippen LogP contribution in [-0.4, -0.2) is 42.1 Å². The topological polar surface area (TPSA) is 92.3 Å². The number of aromatic nitrogens is 2. The predicted molar refractivity (Wildman–Crippen MR) is 112 cm³/mol. The van der Waals surface area contributed by atoms with Gasteiger partial charge in [0.05, 0.1) is 11.9 Å². The monoisotopic (exact) mass is 428 g/mol. The highest BCUT2D eigenvalue weighted by Crippen LogP contribution is 2.29. The van der Waals surface area contributed by atoms with Gasteiger partial charge in [-0.25, -0.2) is 8.42 Å². The third-order valence-corrected chi connectivity index (χ3v) is 6.97. The number of thioether (sulfide) groups is 1. The van der Waals surface area contributed by atoms with E-state index in [-0.39, 0.29) is 0 Å². The van der Waals surface area contributed by atoms with Crippen molar-refractivity contribution in [1.29, 1.82) is 0 Å². The zero-order valence-electron chi connectivity index (χ0n) is 16.2. The summed E-state index contributed by atoms with van der Waals surface area (Å²) in [5.41, 5.74) is 2.46. The fraction of sp³-hybridized carbons (Fsp3) is 0.471. The lowest BCUT2D eigenvalue weighted by atomic mass is 10.1. The van der Waals surface area contributed by atoms with Crippen molar-refractivity contribution in [1.82, 2.24) is 10.2 Å². The smallest absolute Gasteiger partial charge is 0.249 e. The van der Waals surface area contributed by atoms with Gasteiger partial charge in [-0.1, -0.05) is 43.0 Å². The van der Waals surface area contributed by atoms with E-state index in [0.717, 1.165) is 26.0 Å². The number of anilines is 2. The first-order valence-electron chi connectivity index (χ1n) is 8.36. The lowest BCUT2D eigenvalue weighted by Crippen LogP contribution is -2.45. The average Bonchev–Trinajstić information content (AvgIpc) is 2.95. The molecule has 0 aliphatic heterocycles. The Labute approximate surface area is 168 Å². The van der Waals surface area contributed by atoms with E-state index in [2.05, 4.69) is 15.5 Å². The van der Waals surface area contributed by atoms with Gasteiger partial charge in [0.25, 0.3) is 0 Å². The van der Waals surface area contributed by atoms with Crippen LogP contribution in [0.25, 0.3) is 0 Å². The number of nitrogens with one attached hydrogen (secondary N) is 1. The minimum absolute atomic E-state index is 0.350. The molecule has 0 aliphatic carbocycles. The first-order valence-corrected chi connectivity index (χ1v) is 11.9. The van der Waals surface area contributed by atoms with Crippen molar-refractivity contribution >= 4 is 49.8 Å². The average molecular weight is 429 g/mol. The van der Waals surface area contributed by atoms with Crippen LogP contribution in [-0.2, 0) is 14.8 Å². The van der Waals surface area contributed by atoms with Crippen molar-refractivity contribution in [3.63, 3.8) is 0 Å². The fourth-order valence-corrected chi connectivity index (χ4v) is 5.54. The summed E-state index contributed by atoms with van der Waals surface area (Å²) in [6.45, 7) is 9.48. The molecule has 7 nitrogen and oxygen atoms in total. The minimum atomic E-state index is -3.66. The van der Waals surface area contributed by atoms with Gasteiger partial charge in [-0.15, -0.1) is 10.2 Å². The molecule has 0 radical (unpaired) electrons. The van der Waals surface area contributed by atoms with Crippen LogP contribution in [0.5, 0.6) is 0 Å². The van der Waals surface area contributed by atoms with Crippen LogP contribution in [0.3, 0.4) is 0 Å². The molecule has 2 rings (SSSR count). The Bertz CT molecular complexity index is 925. The molecule has 1 aromatic heterocycles. The van der Waals surface area contributed by atoms with E-state index in [0.29, 0.717) is 16.1 Å². The van der Waals surface area contributed by atoms with Gasteiger partial charge in [-0.05, 0) is 44.0 Å². The van der Waals surface area contributed by atoms with Crippen molar-refractivity contribution in [3.05, 3.63) is 29.3 Å². The number of amides is 1. The largest absolute Gasteiger partial charge is 0.299 e. The molecule has 0 saturated carbocycles. The Hall–Kier alpha value is -1.65. The number of benzene rings is 1. The fourth-order valence-electron chi connectivity index (χ4n) is 2.39. The SMILES string of the molecule is Cc1ccc(N([C@H](C)C(=O)Nc2nnc(SC(C)C)s2)S(C)(=O)=O)cc1C. The maximum atomic E-state index is 12.7. The number of sulfonamides is 1. The van der Waals surface area contributed by atoms with Gasteiger partial charge >= 0.3 is 0 Å². The second-order valence-corrected chi connectivity index (χ2v) is 11.2. The van der Waals surface area contributed by atoms with E-state index in [9.17, 15) is 13.2 Å². The molecule has 27 heavy (non-hydrogen) atoms. The van der Waals surface area contributed by atoms with Crippen molar-refractivity contribution in [2.75, 3.05) is 15.9 Å². The Morgan fingerprint density at radius 3 is 2.41 bits per heavy atom. The van der Waals surface area contributed by atoms with Crippen LogP contribution in [0.15, 0.2) is 22.5 Å². The number of aryl methyl sites for hydroxylation is 2. The molecule has 1 N–H and O–H groups in total. The Morgan fingerprint density at radius 1 is 1.19 bits per heavy atom. The van der Waals surface area contributed by atoms with E-state index in [1.165, 1.54) is 11.3 Å². The molecule has 10 heteroatoms. The maximum absolute atomic E-state index is 12.7. The first-order chi connectivity index (χ1) is 12.5. The molecule has 0 unspecified atom stereocenters. The number of rotatable bonds is 7. The second-order valence-electron chi connectivity index (χ2n) is 6.53. The second kappa shape index (κ2) is 8.57. The van der Waals surface area contributed by atoms with Gasteiger partial charge in [-0.2, -0.15) is 0 Å². The van der Waals surface area contributed by atoms with E-state index >= 15 is 0 Å². The van der Waals surface area contributed by atoms with E-state index in [1.807, 2.05) is 33.8 Å². The lowest BCUT2D eigenvalue weighted by Gasteiger charge is -2.28. The highest BCUT2D eigenvalue weighted by atomic mass is 32.2. The molecule has 0 bridgehead atoms. The summed E-state index contributed by atoms with van der Waals surface area (Å²) >= 11 is 2.82. The van der Waals surface area contributed by atoms with Gasteiger partial charge in [0.15, 0.2) is 4.34 Å². The van der Waals surface area contributed by atoms with Gasteiger partial charge in [-0.3, -0.25) is 14.4 Å². The number of hydrogen-bond donors (Lipinski definition) is 1. The molecule has 0 aliphatic rings. The lowest BCUT2D eigenvalue weighted by molar-refractivity contribution is -0.116. The van der Waals surface area contributed by atoms with Gasteiger partial charge in [0.2, 0.25) is 21.1 Å². The third-order valence-electron chi connectivity index (χ3n) is 3.81. The zero-order valence-corrected chi connectivity index (χ0v) is 18.6. The van der Waals surface area contributed by atoms with Crippen LogP contribution in [0.4, 0.5) is 10.8 Å². The summed E-state index contributed by atoms with van der Waals surface area (Å²) in [6, 6.07) is 4.37. The Balaban J connectivity index is 2.24. The number of carbonyl (C=O) groups excluding carboxylic acids is 1. The van der Waals surface area contributed by atoms with Crippen LogP contribution in [0, 0.1) is 13.8 Å². The molecule has 1 aromatic carbocycles. The highest BCUT2D eigenvalue weighted by molar-refractivity contribution is 8.01. The molecule has 0 saturated heterocycles. The van der Waals surface area contributed by atoms with Crippen LogP contribution >= 0.6 is 23.1 Å². The van der Waals surface area contributed by atoms with Gasteiger partial charge < -0.3 is 0 Å². The van der Waals surface area contributed by atoms with E-state index in [4.69, 9.17) is 0 Å². The quantitative estimate of drug-likeness (QED) is 0.536. The summed E-state index contributed by atoms with van der Waals surface area (Å²) in [4.78, 5) is 12.7. The van der Waals surface area contributed by atoms with Crippen LogP contribution in [0.2, 0.25) is 0 Å². The summed E-state index contributed by atoms with van der Waals surface area (Å²) in [5.74, 6) is -0.462. The summed E-state index contributed by atoms with van der Waals surface area (Å²) in [5, 5.41) is 11.4. The van der Waals surface area contributed by atoms with Crippen LogP contribution < -0.4 is 9.62 Å². The summed E-state index contributed by atoms with van der Waals surface area (Å²) in [7, 11) is -3.66. The molecular weight excluding hydrogens is 404 g/mol. The normalized spacial score (nSPS) is 12.9. The van der Waals surface area contributed by atoms with E-state index < -0.39 is 22.0 Å². The molecule has 1 atom stereocenters. The highest BCUT2D eigenvalue weighted by Gasteiger charge is 2.30. The molecule has 2 aromatic rings. The Morgan fingerprint density at radius 2 is 1.85 bits per heavy atom. The molecular formula is C17H24N4O3S3. The first kappa shape index (κ1) is 21.6. The number of hydrogen-bond acceptors (Lipinski definition) is 7. The molecule has 1 amide bonds. The number of carbonyl (C=O) groups is 1. The van der Waals surface area contributed by atoms with Crippen molar-refractivity contribution in [3.8, 4) is 0 Å². The maximum Gasteiger partial charge on any atom is 0.249 e. The molecule has 0 fully saturated rings. The summed E-state index contributed by atoms with van der Waals surface area (Å²) < 4.78 is 26.6.